The fraction of sp³-hybridized carbons (Fsp3) is 0.533. The van der Waals surface area contributed by atoms with Crippen molar-refractivity contribution in [2.45, 2.75) is 25.1 Å². The van der Waals surface area contributed by atoms with Gasteiger partial charge in [-0.3, -0.25) is 14.9 Å². The van der Waals surface area contributed by atoms with E-state index in [0.717, 1.165) is 18.2 Å². The molecule has 0 unspecified atom stereocenters. The van der Waals surface area contributed by atoms with Gasteiger partial charge in [0.15, 0.2) is 6.61 Å². The average molecular weight is 361 g/mol. The maximum atomic E-state index is 12.6. The molecule has 1 saturated heterocycles. The molecular formula is C15H18F3N3O4. The first-order valence-electron chi connectivity index (χ1n) is 7.66. The number of amides is 1. The zero-order valence-electron chi connectivity index (χ0n) is 13.5. The molecule has 10 heteroatoms. The number of nitrogens with zero attached hydrogens (tertiary/aromatic N) is 2. The molecule has 1 fully saturated rings. The number of carbonyl (C=O) groups is 1. The summed E-state index contributed by atoms with van der Waals surface area (Å²) in [6.45, 7) is -0.712. The Morgan fingerprint density at radius 1 is 1.40 bits per heavy atom. The summed E-state index contributed by atoms with van der Waals surface area (Å²) in [7, 11) is 1.81. The van der Waals surface area contributed by atoms with Crippen molar-refractivity contribution in [1.82, 2.24) is 10.2 Å². The molecule has 1 aromatic rings. The zero-order chi connectivity index (χ0) is 18.6. The molecule has 0 aromatic heterocycles. The van der Waals surface area contributed by atoms with Crippen LogP contribution in [-0.4, -0.2) is 54.7 Å². The van der Waals surface area contributed by atoms with Crippen LogP contribution in [0.3, 0.4) is 0 Å². The van der Waals surface area contributed by atoms with E-state index < -0.39 is 29.3 Å². The van der Waals surface area contributed by atoms with Crippen molar-refractivity contribution in [1.29, 1.82) is 0 Å². The lowest BCUT2D eigenvalue weighted by Crippen LogP contribution is -2.44. The number of piperidine rings is 1. The Hall–Kier alpha value is -2.36. The smallest absolute Gasteiger partial charge is 0.422 e. The van der Waals surface area contributed by atoms with Crippen LogP contribution in [0.25, 0.3) is 0 Å². The summed E-state index contributed by atoms with van der Waals surface area (Å²) < 4.78 is 41.4. The third-order valence-electron chi connectivity index (χ3n) is 3.99. The van der Waals surface area contributed by atoms with E-state index in [9.17, 15) is 28.1 Å². The van der Waals surface area contributed by atoms with Gasteiger partial charge in [0.05, 0.1) is 4.92 Å². The molecule has 1 heterocycles. The maximum absolute atomic E-state index is 12.6. The minimum Gasteiger partial charge on any atom is -0.484 e. The Balaban J connectivity index is 2.21. The van der Waals surface area contributed by atoms with Crippen molar-refractivity contribution in [3.8, 4) is 5.75 Å². The third-order valence-corrected chi connectivity index (χ3v) is 3.99. The van der Waals surface area contributed by atoms with E-state index >= 15 is 0 Å². The maximum Gasteiger partial charge on any atom is 0.422 e. The van der Waals surface area contributed by atoms with Crippen LogP contribution in [0.1, 0.15) is 23.2 Å². The molecule has 1 amide bonds. The highest BCUT2D eigenvalue weighted by molar-refractivity contribution is 5.98. The highest BCUT2D eigenvalue weighted by atomic mass is 19.4. The minimum atomic E-state index is -4.54. The van der Waals surface area contributed by atoms with Gasteiger partial charge in [-0.2, -0.15) is 13.2 Å². The number of alkyl halides is 3. The van der Waals surface area contributed by atoms with Gasteiger partial charge in [0.1, 0.15) is 11.3 Å². The number of hydrogen-bond acceptors (Lipinski definition) is 5. The van der Waals surface area contributed by atoms with Gasteiger partial charge in [-0.05, 0) is 32.0 Å². The molecule has 1 aromatic carbocycles. The summed E-state index contributed by atoms with van der Waals surface area (Å²) in [5.41, 5.74) is -0.729. The average Bonchev–Trinajstić information content (AvgIpc) is 2.58. The van der Waals surface area contributed by atoms with E-state index in [-0.39, 0.29) is 17.4 Å². The molecule has 7 nitrogen and oxygen atoms in total. The standard InChI is InChI=1S/C15H18F3N3O4/c1-19-10-4-6-20(7-5-10)14(22)12-8-11(25-9-15(16,17)18)2-3-13(12)21(23)24/h2-3,8,10,19H,4-7,9H2,1H3. The van der Waals surface area contributed by atoms with E-state index in [1.54, 1.807) is 0 Å². The molecule has 0 atom stereocenters. The van der Waals surface area contributed by atoms with Crippen molar-refractivity contribution >= 4 is 11.6 Å². The fourth-order valence-electron chi connectivity index (χ4n) is 2.64. The Labute approximate surface area is 141 Å². The second kappa shape index (κ2) is 7.68. The summed E-state index contributed by atoms with van der Waals surface area (Å²) in [5, 5.41) is 14.2. The minimum absolute atomic E-state index is 0.239. The highest BCUT2D eigenvalue weighted by Crippen LogP contribution is 2.27. The lowest BCUT2D eigenvalue weighted by atomic mass is 10.0. The number of hydrogen-bond donors (Lipinski definition) is 1. The third kappa shape index (κ3) is 5.05. The SMILES string of the molecule is CNC1CCN(C(=O)c2cc(OCC(F)(F)F)ccc2[N+](=O)[O-])CC1. The molecule has 1 aliphatic heterocycles. The number of nitro groups is 1. The first-order valence-corrected chi connectivity index (χ1v) is 7.66. The number of ether oxygens (including phenoxy) is 1. The van der Waals surface area contributed by atoms with Crippen LogP contribution in [0, 0.1) is 10.1 Å². The van der Waals surface area contributed by atoms with Crippen LogP contribution >= 0.6 is 0 Å². The topological polar surface area (TPSA) is 84.7 Å². The lowest BCUT2D eigenvalue weighted by molar-refractivity contribution is -0.385. The lowest BCUT2D eigenvalue weighted by Gasteiger charge is -2.31. The monoisotopic (exact) mass is 361 g/mol. The summed E-state index contributed by atoms with van der Waals surface area (Å²) >= 11 is 0. The second-order valence-corrected chi connectivity index (χ2v) is 5.70. The van der Waals surface area contributed by atoms with Crippen molar-refractivity contribution < 1.29 is 27.6 Å². The van der Waals surface area contributed by atoms with E-state index in [1.165, 1.54) is 4.90 Å². The van der Waals surface area contributed by atoms with Gasteiger partial charge in [-0.25, -0.2) is 0 Å². The van der Waals surface area contributed by atoms with Crippen LogP contribution in [-0.2, 0) is 0 Å². The predicted octanol–water partition coefficient (Wildman–Crippen LogP) is 2.36. The quantitative estimate of drug-likeness (QED) is 0.643. The summed E-state index contributed by atoms with van der Waals surface area (Å²) in [4.78, 5) is 24.5. The summed E-state index contributed by atoms with van der Waals surface area (Å²) in [5.74, 6) is -0.824. The molecule has 138 valence electrons. The molecule has 25 heavy (non-hydrogen) atoms. The number of likely N-dealkylation sites (tertiary alicyclic amines) is 1. The van der Waals surface area contributed by atoms with Crippen molar-refractivity contribution in [3.05, 3.63) is 33.9 Å². The number of carbonyl (C=O) groups excluding carboxylic acids is 1. The molecule has 0 spiro atoms. The highest BCUT2D eigenvalue weighted by Gasteiger charge is 2.31. The van der Waals surface area contributed by atoms with E-state index in [1.807, 2.05) is 7.05 Å². The molecular weight excluding hydrogens is 343 g/mol. The predicted molar refractivity (Wildman–Crippen MR) is 82.6 cm³/mol. The number of nitro benzene ring substituents is 1. The van der Waals surface area contributed by atoms with Gasteiger partial charge in [0.25, 0.3) is 11.6 Å². The summed E-state index contributed by atoms with van der Waals surface area (Å²) in [6, 6.07) is 3.30. The first kappa shape index (κ1) is 19.0. The molecule has 2 rings (SSSR count). The molecule has 0 saturated carbocycles. The fourth-order valence-corrected chi connectivity index (χ4v) is 2.64. The molecule has 1 N–H and O–H groups in total. The van der Waals surface area contributed by atoms with E-state index in [2.05, 4.69) is 10.1 Å². The molecule has 0 radical (unpaired) electrons. The normalized spacial score (nSPS) is 15.9. The van der Waals surface area contributed by atoms with Gasteiger partial charge in [-0.15, -0.1) is 0 Å². The Kier molecular flexibility index (Phi) is 5.83. The van der Waals surface area contributed by atoms with Crippen LogP contribution < -0.4 is 10.1 Å². The largest absolute Gasteiger partial charge is 0.484 e. The Morgan fingerprint density at radius 3 is 2.56 bits per heavy atom. The van der Waals surface area contributed by atoms with Crippen molar-refractivity contribution in [2.75, 3.05) is 26.7 Å². The van der Waals surface area contributed by atoms with Gasteiger partial charge in [0.2, 0.25) is 0 Å². The van der Waals surface area contributed by atoms with E-state index in [0.29, 0.717) is 25.9 Å². The van der Waals surface area contributed by atoms with Crippen LogP contribution in [0.2, 0.25) is 0 Å². The summed E-state index contributed by atoms with van der Waals surface area (Å²) in [6.07, 6.45) is -3.15. The Morgan fingerprint density at radius 2 is 2.04 bits per heavy atom. The first-order chi connectivity index (χ1) is 11.7. The van der Waals surface area contributed by atoms with Crippen LogP contribution in [0.4, 0.5) is 18.9 Å². The van der Waals surface area contributed by atoms with Gasteiger partial charge < -0.3 is 15.0 Å². The number of benzene rings is 1. The number of nitrogens with one attached hydrogen (secondary N) is 1. The van der Waals surface area contributed by atoms with Crippen LogP contribution in [0.15, 0.2) is 18.2 Å². The second-order valence-electron chi connectivity index (χ2n) is 5.70. The van der Waals surface area contributed by atoms with Crippen molar-refractivity contribution in [2.24, 2.45) is 0 Å². The zero-order valence-corrected chi connectivity index (χ0v) is 13.5. The van der Waals surface area contributed by atoms with Gasteiger partial charge in [0, 0.05) is 25.2 Å². The van der Waals surface area contributed by atoms with Crippen molar-refractivity contribution in [3.63, 3.8) is 0 Å². The molecule has 1 aliphatic rings. The number of halogens is 3. The number of rotatable bonds is 5. The Bertz CT molecular complexity index is 643. The molecule has 0 bridgehead atoms. The van der Waals surface area contributed by atoms with Gasteiger partial charge >= 0.3 is 6.18 Å². The van der Waals surface area contributed by atoms with Gasteiger partial charge in [-0.1, -0.05) is 0 Å². The molecule has 0 aliphatic carbocycles. The van der Waals surface area contributed by atoms with Crippen LogP contribution in [0.5, 0.6) is 5.75 Å². The van der Waals surface area contributed by atoms with E-state index in [4.69, 9.17) is 0 Å².